The summed E-state index contributed by atoms with van der Waals surface area (Å²) in [6.07, 6.45) is -1.90. The number of benzene rings is 1. The zero-order valence-electron chi connectivity index (χ0n) is 10.2. The summed E-state index contributed by atoms with van der Waals surface area (Å²) in [5.74, 6) is -5.02. The van der Waals surface area contributed by atoms with Gasteiger partial charge < -0.3 is 14.9 Å². The lowest BCUT2D eigenvalue weighted by Gasteiger charge is -2.20. The Bertz CT molecular complexity index is 466. The summed E-state index contributed by atoms with van der Waals surface area (Å²) in [5, 5.41) is 18.2. The number of hydrogen-bond donors (Lipinski definition) is 2. The van der Waals surface area contributed by atoms with E-state index in [0.717, 1.165) is 7.11 Å². The van der Waals surface area contributed by atoms with Gasteiger partial charge >= 0.3 is 5.97 Å². The first-order valence-electron chi connectivity index (χ1n) is 5.16. The molecule has 1 atom stereocenters. The van der Waals surface area contributed by atoms with Crippen molar-refractivity contribution in [3.63, 3.8) is 0 Å². The van der Waals surface area contributed by atoms with E-state index in [-0.39, 0.29) is 11.3 Å². The quantitative estimate of drug-likeness (QED) is 0.871. The Morgan fingerprint density at radius 3 is 2.39 bits per heavy atom. The van der Waals surface area contributed by atoms with Crippen molar-refractivity contribution in [2.45, 2.75) is 25.9 Å². The highest BCUT2D eigenvalue weighted by atomic mass is 19.3. The first-order valence-corrected chi connectivity index (χ1v) is 5.16. The second kappa shape index (κ2) is 4.89. The number of aliphatic hydroxyl groups excluding tert-OH is 1. The highest BCUT2D eigenvalue weighted by Crippen LogP contribution is 2.39. The van der Waals surface area contributed by atoms with Crippen molar-refractivity contribution in [2.75, 3.05) is 7.11 Å². The van der Waals surface area contributed by atoms with Crippen LogP contribution in [0.15, 0.2) is 12.1 Å². The van der Waals surface area contributed by atoms with Gasteiger partial charge in [0.2, 0.25) is 0 Å². The van der Waals surface area contributed by atoms with Gasteiger partial charge in [-0.15, -0.1) is 0 Å². The molecule has 0 spiro atoms. The number of rotatable bonds is 4. The minimum absolute atomic E-state index is 0.179. The SMILES string of the molecule is COc1c(C(O)C(=O)O)cc(C)cc1C(C)(F)F. The maximum Gasteiger partial charge on any atom is 0.337 e. The number of aryl methyl sites for hydroxylation is 1. The van der Waals surface area contributed by atoms with Gasteiger partial charge in [-0.25, -0.2) is 13.6 Å². The first-order chi connectivity index (χ1) is 8.18. The third-order valence-electron chi connectivity index (χ3n) is 2.47. The lowest BCUT2D eigenvalue weighted by atomic mass is 9.97. The summed E-state index contributed by atoms with van der Waals surface area (Å²) >= 11 is 0. The number of aliphatic hydroxyl groups is 1. The molecule has 1 rings (SSSR count). The van der Waals surface area contributed by atoms with Gasteiger partial charge in [0.05, 0.1) is 12.7 Å². The summed E-state index contributed by atoms with van der Waals surface area (Å²) in [4.78, 5) is 10.7. The molecule has 0 amide bonds. The molecule has 0 saturated heterocycles. The first kappa shape index (κ1) is 14.4. The van der Waals surface area contributed by atoms with Crippen molar-refractivity contribution >= 4 is 5.97 Å². The number of carbonyl (C=O) groups is 1. The Morgan fingerprint density at radius 2 is 2.00 bits per heavy atom. The fourth-order valence-corrected chi connectivity index (χ4v) is 1.69. The van der Waals surface area contributed by atoms with Crippen LogP contribution in [0.1, 0.15) is 29.7 Å². The minimum atomic E-state index is -3.19. The molecular weight excluding hydrogens is 246 g/mol. The Labute approximate surface area is 103 Å². The van der Waals surface area contributed by atoms with Gasteiger partial charge in [-0.1, -0.05) is 0 Å². The molecule has 1 unspecified atom stereocenters. The molecule has 18 heavy (non-hydrogen) atoms. The van der Waals surface area contributed by atoms with Crippen LogP contribution in [-0.4, -0.2) is 23.3 Å². The summed E-state index contributed by atoms with van der Waals surface area (Å²) in [6, 6.07) is 2.52. The topological polar surface area (TPSA) is 66.8 Å². The average molecular weight is 260 g/mol. The predicted molar refractivity (Wildman–Crippen MR) is 59.9 cm³/mol. The number of halogens is 2. The number of alkyl halides is 2. The molecule has 0 bridgehead atoms. The van der Waals surface area contributed by atoms with Gasteiger partial charge in [0.15, 0.2) is 6.10 Å². The Kier molecular flexibility index (Phi) is 3.91. The molecule has 2 N–H and O–H groups in total. The molecule has 0 aliphatic heterocycles. The Hall–Kier alpha value is -1.69. The van der Waals surface area contributed by atoms with E-state index in [4.69, 9.17) is 9.84 Å². The van der Waals surface area contributed by atoms with Crippen molar-refractivity contribution in [1.82, 2.24) is 0 Å². The second-order valence-electron chi connectivity index (χ2n) is 4.06. The highest BCUT2D eigenvalue weighted by Gasteiger charge is 2.33. The standard InChI is InChI=1S/C12H14F2O4/c1-6-4-7(9(15)11(16)17)10(18-3)8(5-6)12(2,13)14/h4-5,9,15H,1-3H3,(H,16,17). The Balaban J connectivity index is 3.52. The van der Waals surface area contributed by atoms with E-state index in [0.29, 0.717) is 12.5 Å². The van der Waals surface area contributed by atoms with E-state index in [1.54, 1.807) is 0 Å². The molecule has 1 aromatic rings. The van der Waals surface area contributed by atoms with E-state index >= 15 is 0 Å². The smallest absolute Gasteiger partial charge is 0.337 e. The fourth-order valence-electron chi connectivity index (χ4n) is 1.69. The summed E-state index contributed by atoms with van der Waals surface area (Å²) in [6.45, 7) is 2.22. The number of aliphatic carboxylic acids is 1. The van der Waals surface area contributed by atoms with Crippen LogP contribution in [0.2, 0.25) is 0 Å². The number of ether oxygens (including phenoxy) is 1. The number of hydrogen-bond acceptors (Lipinski definition) is 3. The molecule has 1 aromatic carbocycles. The van der Waals surface area contributed by atoms with Crippen molar-refractivity contribution in [3.05, 3.63) is 28.8 Å². The molecule has 0 aliphatic carbocycles. The monoisotopic (exact) mass is 260 g/mol. The van der Waals surface area contributed by atoms with Crippen molar-refractivity contribution in [3.8, 4) is 5.75 Å². The van der Waals surface area contributed by atoms with Crippen LogP contribution in [0.3, 0.4) is 0 Å². The number of carboxylic acid groups (broad SMARTS) is 1. The largest absolute Gasteiger partial charge is 0.496 e. The second-order valence-corrected chi connectivity index (χ2v) is 4.06. The van der Waals surface area contributed by atoms with Crippen LogP contribution in [0.5, 0.6) is 5.75 Å². The minimum Gasteiger partial charge on any atom is -0.496 e. The summed E-state index contributed by atoms with van der Waals surface area (Å²) in [5.41, 5.74) is -0.204. The summed E-state index contributed by atoms with van der Waals surface area (Å²) < 4.78 is 31.7. The lowest BCUT2D eigenvalue weighted by Crippen LogP contribution is -2.16. The predicted octanol–water partition coefficient (Wildman–Crippen LogP) is 2.23. The van der Waals surface area contributed by atoms with E-state index in [1.165, 1.54) is 19.1 Å². The number of methoxy groups -OCH3 is 1. The molecular formula is C12H14F2O4. The van der Waals surface area contributed by atoms with Crippen LogP contribution < -0.4 is 4.74 Å². The zero-order valence-corrected chi connectivity index (χ0v) is 10.2. The van der Waals surface area contributed by atoms with Crippen LogP contribution in [0.4, 0.5) is 8.78 Å². The molecule has 0 saturated carbocycles. The van der Waals surface area contributed by atoms with E-state index < -0.39 is 23.6 Å². The zero-order chi connectivity index (χ0) is 14.1. The molecule has 0 heterocycles. The van der Waals surface area contributed by atoms with Gasteiger partial charge in [-0.3, -0.25) is 0 Å². The van der Waals surface area contributed by atoms with Gasteiger partial charge in [0.1, 0.15) is 5.75 Å². The molecule has 0 radical (unpaired) electrons. The average Bonchev–Trinajstić information content (AvgIpc) is 2.25. The third kappa shape index (κ3) is 2.76. The maximum atomic E-state index is 13.4. The van der Waals surface area contributed by atoms with Crippen molar-refractivity contribution in [2.24, 2.45) is 0 Å². The van der Waals surface area contributed by atoms with Gasteiger partial charge in [-0.05, 0) is 24.6 Å². The van der Waals surface area contributed by atoms with Crippen LogP contribution in [0.25, 0.3) is 0 Å². The van der Waals surface area contributed by atoms with Crippen molar-refractivity contribution in [1.29, 1.82) is 0 Å². The van der Waals surface area contributed by atoms with E-state index in [9.17, 15) is 18.7 Å². The normalized spacial score (nSPS) is 13.2. The highest BCUT2D eigenvalue weighted by molar-refractivity contribution is 5.75. The molecule has 4 nitrogen and oxygen atoms in total. The third-order valence-corrected chi connectivity index (χ3v) is 2.47. The molecule has 0 aliphatic rings. The van der Waals surface area contributed by atoms with Gasteiger partial charge in [0, 0.05) is 12.5 Å². The van der Waals surface area contributed by atoms with Crippen LogP contribution in [0, 0.1) is 6.92 Å². The maximum absolute atomic E-state index is 13.4. The molecule has 100 valence electrons. The van der Waals surface area contributed by atoms with Crippen LogP contribution in [-0.2, 0) is 10.7 Å². The summed E-state index contributed by atoms with van der Waals surface area (Å²) in [7, 11) is 1.15. The van der Waals surface area contributed by atoms with E-state index in [2.05, 4.69) is 0 Å². The molecule has 0 fully saturated rings. The van der Waals surface area contributed by atoms with Gasteiger partial charge in [-0.2, -0.15) is 0 Å². The fraction of sp³-hybridized carbons (Fsp3) is 0.417. The lowest BCUT2D eigenvalue weighted by molar-refractivity contribution is -0.147. The van der Waals surface area contributed by atoms with Crippen molar-refractivity contribution < 1.29 is 28.5 Å². The molecule has 6 heteroatoms. The number of carboxylic acids is 1. The Morgan fingerprint density at radius 1 is 1.44 bits per heavy atom. The molecule has 0 aromatic heterocycles. The van der Waals surface area contributed by atoms with Crippen LogP contribution >= 0.6 is 0 Å². The van der Waals surface area contributed by atoms with Gasteiger partial charge in [0.25, 0.3) is 5.92 Å². The van der Waals surface area contributed by atoms with E-state index in [1.807, 2.05) is 0 Å².